The molecule has 1 aliphatic rings. The molecule has 0 aliphatic carbocycles. The summed E-state index contributed by atoms with van der Waals surface area (Å²) >= 11 is 0. The highest BCUT2D eigenvalue weighted by molar-refractivity contribution is 7.47. The van der Waals surface area contributed by atoms with E-state index in [0.717, 1.165) is 25.3 Å². The number of benzene rings is 1. The van der Waals surface area contributed by atoms with Crippen LogP contribution < -0.4 is 5.73 Å². The number of anilines is 1. The van der Waals surface area contributed by atoms with E-state index in [1.807, 2.05) is 6.07 Å². The third kappa shape index (κ3) is 13.6. The van der Waals surface area contributed by atoms with Gasteiger partial charge in [0.1, 0.15) is 47.7 Å². The van der Waals surface area contributed by atoms with Gasteiger partial charge in [0.05, 0.1) is 43.8 Å². The van der Waals surface area contributed by atoms with Crippen molar-refractivity contribution >= 4 is 19.2 Å². The van der Waals surface area contributed by atoms with E-state index in [2.05, 4.69) is 17.0 Å². The molecule has 3 aromatic rings. The van der Waals surface area contributed by atoms with Gasteiger partial charge in [-0.2, -0.15) is 10.4 Å². The van der Waals surface area contributed by atoms with Crippen LogP contribution >= 0.6 is 7.82 Å². The highest BCUT2D eigenvalue weighted by atomic mass is 31.2. The van der Waals surface area contributed by atoms with Crippen molar-refractivity contribution in [2.24, 2.45) is 0 Å². The lowest BCUT2D eigenvalue weighted by atomic mass is 9.93. The summed E-state index contributed by atoms with van der Waals surface area (Å²) < 4.78 is 57.1. The standard InChI is InChI=1S/C39H59FN5O9P/c1-3-4-5-6-7-8-9-10-11-12-13-14-15-16-21-50-25-31(51-24-30-18-17-29(23-41)22-32(30)40)26-52-55(48,49)53-27-34-36(46)37(47)39(2,54-34)35-20-19-33-38(42)43-28-44-45(33)35/h17-20,22,28,31,34,36-37,46-47H,3-16,21,24-27H2,1-2H3,(H,48,49)(H2,42,43,44)/t31-,34-,36-,37-,39+/m1/s1. The fourth-order valence-corrected chi connectivity index (χ4v) is 7.50. The predicted molar refractivity (Wildman–Crippen MR) is 204 cm³/mol. The highest BCUT2D eigenvalue weighted by Crippen LogP contribution is 2.46. The molecular weight excluding hydrogens is 732 g/mol. The number of rotatable bonds is 27. The number of aliphatic hydroxyl groups excluding tert-OH is 2. The van der Waals surface area contributed by atoms with Crippen LogP contribution in [0.25, 0.3) is 5.52 Å². The molecule has 0 spiro atoms. The monoisotopic (exact) mass is 791 g/mol. The fourth-order valence-electron chi connectivity index (χ4n) is 6.74. The lowest BCUT2D eigenvalue weighted by Crippen LogP contribution is -2.39. The number of aromatic nitrogens is 3. The Balaban J connectivity index is 1.21. The van der Waals surface area contributed by atoms with Gasteiger partial charge >= 0.3 is 7.82 Å². The molecule has 0 radical (unpaired) electrons. The molecular formula is C39H59FN5O9P. The number of nitrogens with two attached hydrogens (primary N) is 1. The predicted octanol–water partition coefficient (Wildman–Crippen LogP) is 6.87. The lowest BCUT2D eigenvalue weighted by Gasteiger charge is -2.27. The minimum absolute atomic E-state index is 0.00464. The van der Waals surface area contributed by atoms with Crippen molar-refractivity contribution in [3.63, 3.8) is 0 Å². The second-order valence-electron chi connectivity index (χ2n) is 14.4. The fraction of sp³-hybridized carbons (Fsp3) is 0.667. The van der Waals surface area contributed by atoms with Gasteiger partial charge in [-0.1, -0.05) is 96.5 Å². The molecule has 3 heterocycles. The quantitative estimate of drug-likeness (QED) is 0.0460. The first-order valence-electron chi connectivity index (χ1n) is 19.6. The summed E-state index contributed by atoms with van der Waals surface area (Å²) in [6, 6.07) is 9.18. The van der Waals surface area contributed by atoms with Crippen LogP contribution in [0.15, 0.2) is 36.7 Å². The molecule has 1 aromatic carbocycles. The van der Waals surface area contributed by atoms with Crippen LogP contribution in [0.4, 0.5) is 10.2 Å². The van der Waals surface area contributed by atoms with Crippen molar-refractivity contribution in [1.29, 1.82) is 5.26 Å². The lowest BCUT2D eigenvalue weighted by molar-refractivity contribution is -0.0901. The molecule has 1 saturated heterocycles. The van der Waals surface area contributed by atoms with Crippen molar-refractivity contribution in [1.82, 2.24) is 14.6 Å². The topological polar surface area (TPSA) is 204 Å². The summed E-state index contributed by atoms with van der Waals surface area (Å²) in [6.07, 6.45) is 13.6. The van der Waals surface area contributed by atoms with E-state index in [1.165, 1.54) is 93.6 Å². The number of nitriles is 1. The molecule has 4 rings (SSSR count). The molecule has 1 unspecified atom stereocenters. The van der Waals surface area contributed by atoms with Crippen molar-refractivity contribution in [2.75, 3.05) is 32.2 Å². The molecule has 5 N–H and O–H groups in total. The number of hydrogen-bond donors (Lipinski definition) is 4. The first-order valence-corrected chi connectivity index (χ1v) is 21.1. The van der Waals surface area contributed by atoms with Gasteiger partial charge in [-0.15, -0.1) is 0 Å². The van der Waals surface area contributed by atoms with Gasteiger partial charge in [-0.25, -0.2) is 18.5 Å². The van der Waals surface area contributed by atoms with E-state index in [-0.39, 0.29) is 30.2 Å². The van der Waals surface area contributed by atoms with Crippen LogP contribution in [-0.4, -0.2) is 80.5 Å². The number of nitrogens with zero attached hydrogens (tertiary/aromatic N) is 4. The van der Waals surface area contributed by atoms with Gasteiger partial charge < -0.3 is 35.1 Å². The largest absolute Gasteiger partial charge is 0.472 e. The number of unbranched alkanes of at least 4 members (excludes halogenated alkanes) is 13. The molecule has 0 bridgehead atoms. The van der Waals surface area contributed by atoms with Crippen LogP contribution in [0.5, 0.6) is 0 Å². The maximum absolute atomic E-state index is 14.6. The molecule has 306 valence electrons. The smallest absolute Gasteiger partial charge is 0.387 e. The van der Waals surface area contributed by atoms with Crippen molar-refractivity contribution in [3.8, 4) is 6.07 Å². The molecule has 2 aromatic heterocycles. The zero-order chi connectivity index (χ0) is 39.7. The average Bonchev–Trinajstić information content (AvgIpc) is 3.71. The normalized spacial score (nSPS) is 21.5. The van der Waals surface area contributed by atoms with E-state index in [9.17, 15) is 24.1 Å². The maximum Gasteiger partial charge on any atom is 0.472 e. The number of hydrogen-bond acceptors (Lipinski definition) is 12. The first kappa shape index (κ1) is 44.7. The number of phosphoric acid groups is 1. The van der Waals surface area contributed by atoms with E-state index in [1.54, 1.807) is 19.1 Å². The molecule has 55 heavy (non-hydrogen) atoms. The number of phosphoric ester groups is 1. The van der Waals surface area contributed by atoms with Crippen molar-refractivity contribution in [3.05, 3.63) is 59.3 Å². The van der Waals surface area contributed by atoms with Crippen LogP contribution in [0, 0.1) is 17.1 Å². The summed E-state index contributed by atoms with van der Waals surface area (Å²) in [5.41, 5.74) is 5.66. The zero-order valence-corrected chi connectivity index (χ0v) is 33.1. The Morgan fingerprint density at radius 1 is 1.00 bits per heavy atom. The molecule has 16 heteroatoms. The summed E-state index contributed by atoms with van der Waals surface area (Å²) in [4.78, 5) is 14.5. The summed E-state index contributed by atoms with van der Waals surface area (Å²) in [5.74, 6) is -0.410. The Morgan fingerprint density at radius 2 is 1.65 bits per heavy atom. The Kier molecular flexibility index (Phi) is 18.4. The summed E-state index contributed by atoms with van der Waals surface area (Å²) in [5, 5.41) is 35.0. The average molecular weight is 792 g/mol. The second-order valence-corrected chi connectivity index (χ2v) is 15.9. The molecule has 0 amide bonds. The number of aliphatic hydroxyl groups is 2. The van der Waals surface area contributed by atoms with Crippen LogP contribution in [0.3, 0.4) is 0 Å². The third-order valence-corrected chi connectivity index (χ3v) is 11.0. The molecule has 6 atom stereocenters. The maximum atomic E-state index is 14.6. The number of ether oxygens (including phenoxy) is 3. The number of halogens is 1. The van der Waals surface area contributed by atoms with Gasteiger partial charge in [-0.05, 0) is 37.6 Å². The van der Waals surface area contributed by atoms with Gasteiger partial charge in [-0.3, -0.25) is 9.05 Å². The Labute approximate surface area is 323 Å². The van der Waals surface area contributed by atoms with Crippen molar-refractivity contribution < 1.29 is 47.3 Å². The first-order chi connectivity index (χ1) is 26.5. The SMILES string of the molecule is CCCCCCCCCCCCCCCCOC[C@H](COP(=O)(O)OC[C@H]1O[C@@](C)(c2ccc3c(N)ncnn23)[C@H](O)[C@@H]1O)OCc1ccc(C#N)cc1F. The number of nitrogen functional groups attached to an aromatic ring is 1. The van der Waals surface area contributed by atoms with Crippen LogP contribution in [0.2, 0.25) is 0 Å². The van der Waals surface area contributed by atoms with Crippen LogP contribution in [0.1, 0.15) is 121 Å². The molecule has 1 fully saturated rings. The highest BCUT2D eigenvalue weighted by Gasteiger charge is 2.54. The van der Waals surface area contributed by atoms with Gasteiger partial charge in [0.2, 0.25) is 0 Å². The summed E-state index contributed by atoms with van der Waals surface area (Å²) in [7, 11) is -4.75. The van der Waals surface area contributed by atoms with Crippen molar-refractivity contribution in [2.45, 2.75) is 140 Å². The Morgan fingerprint density at radius 3 is 2.29 bits per heavy atom. The Hall–Kier alpha value is -3.03. The van der Waals surface area contributed by atoms with E-state index in [4.69, 9.17) is 34.3 Å². The minimum Gasteiger partial charge on any atom is -0.387 e. The molecule has 1 aliphatic heterocycles. The van der Waals surface area contributed by atoms with E-state index in [0.29, 0.717) is 17.8 Å². The second kappa shape index (κ2) is 22.6. The molecule has 14 nitrogen and oxygen atoms in total. The third-order valence-electron chi connectivity index (χ3n) is 10.1. The Bertz CT molecular complexity index is 1690. The van der Waals surface area contributed by atoms with E-state index >= 15 is 0 Å². The van der Waals surface area contributed by atoms with E-state index < -0.39 is 56.9 Å². The van der Waals surface area contributed by atoms with Gasteiger partial charge in [0, 0.05) is 12.2 Å². The summed E-state index contributed by atoms with van der Waals surface area (Å²) in [6.45, 7) is 3.01. The number of fused-ring (bicyclic) bond motifs is 1. The molecule has 0 saturated carbocycles. The minimum atomic E-state index is -4.75. The van der Waals surface area contributed by atoms with Gasteiger partial charge in [0.15, 0.2) is 5.82 Å². The van der Waals surface area contributed by atoms with Crippen LogP contribution in [-0.2, 0) is 40.0 Å². The van der Waals surface area contributed by atoms with Gasteiger partial charge in [0.25, 0.3) is 0 Å². The zero-order valence-electron chi connectivity index (χ0n) is 32.2.